The van der Waals surface area contributed by atoms with Gasteiger partial charge >= 0.3 is 0 Å². The number of nitriles is 1. The second-order valence-electron chi connectivity index (χ2n) is 10.3. The van der Waals surface area contributed by atoms with Crippen LogP contribution in [0.2, 0.25) is 0 Å². The molecular formula is C28H32N4O3. The quantitative estimate of drug-likeness (QED) is 0.540. The van der Waals surface area contributed by atoms with E-state index in [1.54, 1.807) is 19.2 Å². The standard InChI is InChI=1S/C28H32N4O3/c1-17(2)35-24-14-22-20(13-23(24)34-6)11-12-21-25(27(33)30-16-28(3,4)5)31-26(32(21)22)19-9-7-18(15-29)8-10-19/h7-10,13-14,17H,11-12,16H2,1-6H3,(H,30,33). The van der Waals surface area contributed by atoms with Crippen LogP contribution in [-0.4, -0.2) is 35.2 Å². The van der Waals surface area contributed by atoms with Gasteiger partial charge in [-0.25, -0.2) is 4.98 Å². The Kier molecular flexibility index (Phi) is 6.58. The van der Waals surface area contributed by atoms with E-state index in [1.807, 2.05) is 38.1 Å². The number of carbonyl (C=O) groups excluding carboxylic acids is 1. The zero-order valence-electron chi connectivity index (χ0n) is 21.2. The Bertz CT molecular complexity index is 1290. The minimum absolute atomic E-state index is 0.0236. The monoisotopic (exact) mass is 472 g/mol. The van der Waals surface area contributed by atoms with Crippen LogP contribution in [0.1, 0.15) is 61.9 Å². The molecule has 1 aliphatic heterocycles. The van der Waals surface area contributed by atoms with Crippen LogP contribution in [0.4, 0.5) is 0 Å². The summed E-state index contributed by atoms with van der Waals surface area (Å²) in [6.07, 6.45) is 1.40. The zero-order chi connectivity index (χ0) is 25.3. The van der Waals surface area contributed by atoms with E-state index in [9.17, 15) is 10.1 Å². The van der Waals surface area contributed by atoms with E-state index >= 15 is 0 Å². The zero-order valence-corrected chi connectivity index (χ0v) is 21.2. The van der Waals surface area contributed by atoms with Crippen LogP contribution in [0.15, 0.2) is 36.4 Å². The number of carbonyl (C=O) groups is 1. The highest BCUT2D eigenvalue weighted by atomic mass is 16.5. The molecule has 1 amide bonds. The van der Waals surface area contributed by atoms with Crippen molar-refractivity contribution in [2.75, 3.05) is 13.7 Å². The molecule has 0 bridgehead atoms. The van der Waals surface area contributed by atoms with E-state index in [0.29, 0.717) is 41.5 Å². The Morgan fingerprint density at radius 2 is 1.89 bits per heavy atom. The third-order valence-corrected chi connectivity index (χ3v) is 5.84. The van der Waals surface area contributed by atoms with Gasteiger partial charge in [-0.2, -0.15) is 5.26 Å². The summed E-state index contributed by atoms with van der Waals surface area (Å²) in [5, 5.41) is 12.3. The van der Waals surface area contributed by atoms with Gasteiger partial charge in [-0.3, -0.25) is 9.36 Å². The average molecular weight is 473 g/mol. The molecule has 1 aromatic heterocycles. The first-order valence-corrected chi connectivity index (χ1v) is 11.9. The first kappa shape index (κ1) is 24.3. The number of imidazole rings is 1. The first-order chi connectivity index (χ1) is 16.6. The number of methoxy groups -OCH3 is 1. The number of fused-ring (bicyclic) bond motifs is 3. The number of nitrogens with zero attached hydrogens (tertiary/aromatic N) is 3. The molecular weight excluding hydrogens is 440 g/mol. The number of nitrogens with one attached hydrogen (secondary N) is 1. The molecule has 0 spiro atoms. The van der Waals surface area contributed by atoms with Crippen LogP contribution in [-0.2, 0) is 12.8 Å². The molecule has 1 N–H and O–H groups in total. The second-order valence-corrected chi connectivity index (χ2v) is 10.3. The van der Waals surface area contributed by atoms with Crippen LogP contribution >= 0.6 is 0 Å². The molecule has 1 aliphatic rings. The van der Waals surface area contributed by atoms with Crippen LogP contribution in [0.25, 0.3) is 17.1 Å². The maximum absolute atomic E-state index is 13.3. The normalized spacial score (nSPS) is 12.5. The topological polar surface area (TPSA) is 89.2 Å². The highest BCUT2D eigenvalue weighted by molar-refractivity contribution is 5.95. The lowest BCUT2D eigenvalue weighted by Gasteiger charge is -2.24. The van der Waals surface area contributed by atoms with Gasteiger partial charge in [0.25, 0.3) is 5.91 Å². The molecule has 4 rings (SSSR count). The predicted molar refractivity (Wildman–Crippen MR) is 135 cm³/mol. The molecule has 0 fully saturated rings. The van der Waals surface area contributed by atoms with Crippen LogP contribution in [0.5, 0.6) is 11.5 Å². The Hall–Kier alpha value is -3.79. The largest absolute Gasteiger partial charge is 0.493 e. The molecule has 0 saturated carbocycles. The molecule has 0 atom stereocenters. The molecule has 0 aliphatic carbocycles. The molecule has 0 radical (unpaired) electrons. The number of aryl methyl sites for hydroxylation is 1. The molecule has 2 aromatic carbocycles. The van der Waals surface area contributed by atoms with Crippen molar-refractivity contribution in [1.29, 1.82) is 5.26 Å². The lowest BCUT2D eigenvalue weighted by atomic mass is 9.96. The Labute approximate surface area is 206 Å². The van der Waals surface area contributed by atoms with Crippen molar-refractivity contribution < 1.29 is 14.3 Å². The molecule has 182 valence electrons. The SMILES string of the molecule is COc1cc2c(cc1OC(C)C)-n1c(-c3ccc(C#N)cc3)nc(C(=O)NCC(C)(C)C)c1CC2. The fraction of sp³-hybridized carbons (Fsp3) is 0.393. The van der Waals surface area contributed by atoms with E-state index < -0.39 is 0 Å². The van der Waals surface area contributed by atoms with Crippen molar-refractivity contribution in [1.82, 2.24) is 14.9 Å². The van der Waals surface area contributed by atoms with Gasteiger partial charge in [0.1, 0.15) is 11.5 Å². The number of rotatable bonds is 6. The summed E-state index contributed by atoms with van der Waals surface area (Å²) in [5.41, 5.74) is 4.67. The minimum Gasteiger partial charge on any atom is -0.493 e. The molecule has 7 nitrogen and oxygen atoms in total. The van der Waals surface area contributed by atoms with Crippen molar-refractivity contribution in [2.45, 2.75) is 53.6 Å². The number of amides is 1. The van der Waals surface area contributed by atoms with E-state index in [4.69, 9.17) is 14.5 Å². The van der Waals surface area contributed by atoms with Gasteiger partial charge in [-0.05, 0) is 68.0 Å². The number of ether oxygens (including phenoxy) is 2. The predicted octanol–water partition coefficient (Wildman–Crippen LogP) is 5.08. The summed E-state index contributed by atoms with van der Waals surface area (Å²) >= 11 is 0. The fourth-order valence-corrected chi connectivity index (χ4v) is 4.20. The number of hydrogen-bond donors (Lipinski definition) is 1. The van der Waals surface area contributed by atoms with Crippen molar-refractivity contribution in [3.8, 4) is 34.6 Å². The summed E-state index contributed by atoms with van der Waals surface area (Å²) in [5.74, 6) is 1.81. The van der Waals surface area contributed by atoms with Gasteiger partial charge in [-0.1, -0.05) is 20.8 Å². The Morgan fingerprint density at radius 1 is 1.17 bits per heavy atom. The molecule has 35 heavy (non-hydrogen) atoms. The van der Waals surface area contributed by atoms with E-state index in [1.165, 1.54) is 0 Å². The molecule has 7 heteroatoms. The Balaban J connectivity index is 1.90. The summed E-state index contributed by atoms with van der Waals surface area (Å²) < 4.78 is 13.7. The van der Waals surface area contributed by atoms with Crippen LogP contribution < -0.4 is 14.8 Å². The van der Waals surface area contributed by atoms with Gasteiger partial charge in [0.15, 0.2) is 11.5 Å². The van der Waals surface area contributed by atoms with Crippen molar-refractivity contribution >= 4 is 5.91 Å². The summed E-state index contributed by atoms with van der Waals surface area (Å²) in [4.78, 5) is 18.1. The smallest absolute Gasteiger partial charge is 0.271 e. The first-order valence-electron chi connectivity index (χ1n) is 11.9. The van der Waals surface area contributed by atoms with E-state index in [-0.39, 0.29) is 17.4 Å². The average Bonchev–Trinajstić information content (AvgIpc) is 3.21. The second kappa shape index (κ2) is 9.46. The Morgan fingerprint density at radius 3 is 2.49 bits per heavy atom. The third kappa shape index (κ3) is 5.02. The summed E-state index contributed by atoms with van der Waals surface area (Å²) in [6.45, 7) is 10.7. The van der Waals surface area contributed by atoms with Gasteiger partial charge in [0.05, 0.1) is 36.2 Å². The van der Waals surface area contributed by atoms with Crippen molar-refractivity contribution in [2.24, 2.45) is 5.41 Å². The molecule has 0 saturated heterocycles. The van der Waals surface area contributed by atoms with Crippen molar-refractivity contribution in [3.05, 3.63) is 58.9 Å². The highest BCUT2D eigenvalue weighted by Crippen LogP contribution is 2.39. The third-order valence-electron chi connectivity index (χ3n) is 5.84. The molecule has 3 aromatic rings. The maximum atomic E-state index is 13.3. The molecule has 2 heterocycles. The summed E-state index contributed by atoms with van der Waals surface area (Å²) in [6, 6.07) is 13.4. The van der Waals surface area contributed by atoms with Gasteiger partial charge in [-0.15, -0.1) is 0 Å². The van der Waals surface area contributed by atoms with E-state index in [2.05, 4.69) is 36.7 Å². The van der Waals surface area contributed by atoms with Crippen LogP contribution in [0, 0.1) is 16.7 Å². The van der Waals surface area contributed by atoms with Gasteiger partial charge in [0.2, 0.25) is 0 Å². The van der Waals surface area contributed by atoms with Crippen LogP contribution in [0.3, 0.4) is 0 Å². The van der Waals surface area contributed by atoms with Gasteiger partial charge < -0.3 is 14.8 Å². The number of benzene rings is 2. The molecule has 0 unspecified atom stereocenters. The number of aromatic nitrogens is 2. The lowest BCUT2D eigenvalue weighted by molar-refractivity contribution is 0.0933. The highest BCUT2D eigenvalue weighted by Gasteiger charge is 2.30. The summed E-state index contributed by atoms with van der Waals surface area (Å²) in [7, 11) is 1.64. The maximum Gasteiger partial charge on any atom is 0.271 e. The number of hydrogen-bond acceptors (Lipinski definition) is 5. The minimum atomic E-state index is -0.181. The fourth-order valence-electron chi connectivity index (χ4n) is 4.20. The van der Waals surface area contributed by atoms with Gasteiger partial charge in [0, 0.05) is 18.2 Å². The van der Waals surface area contributed by atoms with Crippen molar-refractivity contribution in [3.63, 3.8) is 0 Å². The lowest BCUT2D eigenvalue weighted by Crippen LogP contribution is -2.33. The van der Waals surface area contributed by atoms with E-state index in [0.717, 1.165) is 28.9 Å².